The van der Waals surface area contributed by atoms with E-state index in [1.807, 2.05) is 15.8 Å². The van der Waals surface area contributed by atoms with Crippen LogP contribution in [0.25, 0.3) is 0 Å². The monoisotopic (exact) mass is 284 g/mol. The van der Waals surface area contributed by atoms with E-state index in [0.29, 0.717) is 11.9 Å². The summed E-state index contributed by atoms with van der Waals surface area (Å²) in [6.45, 7) is 5.47. The van der Waals surface area contributed by atoms with Gasteiger partial charge in [-0.05, 0) is 25.3 Å². The Labute approximate surface area is 119 Å². The first-order valence-corrected chi connectivity index (χ1v) is 6.74. The van der Waals surface area contributed by atoms with Gasteiger partial charge in [-0.15, -0.1) is 12.4 Å². The second kappa shape index (κ2) is 5.92. The van der Waals surface area contributed by atoms with Gasteiger partial charge >= 0.3 is 0 Å². The Hall–Kier alpha value is -1.07. The van der Waals surface area contributed by atoms with Crippen molar-refractivity contribution in [1.29, 1.82) is 0 Å². The molecule has 1 atom stereocenters. The first kappa shape index (κ1) is 14.3. The molecule has 0 saturated carbocycles. The molecule has 0 spiro atoms. The molecule has 2 fully saturated rings. The van der Waals surface area contributed by atoms with Crippen LogP contribution in [-0.4, -0.2) is 46.8 Å². The van der Waals surface area contributed by atoms with E-state index < -0.39 is 0 Å². The molecule has 5 nitrogen and oxygen atoms in total. The van der Waals surface area contributed by atoms with Crippen molar-refractivity contribution in [2.75, 3.05) is 26.2 Å². The van der Waals surface area contributed by atoms with Crippen LogP contribution >= 0.6 is 12.4 Å². The Balaban J connectivity index is 0.00000133. The second-order valence-corrected chi connectivity index (χ2v) is 5.43. The van der Waals surface area contributed by atoms with Crippen molar-refractivity contribution >= 4 is 18.3 Å². The van der Waals surface area contributed by atoms with Crippen molar-refractivity contribution in [2.24, 2.45) is 5.92 Å². The average Bonchev–Trinajstić information content (AvgIpc) is 2.74. The first-order chi connectivity index (χ1) is 8.74. The summed E-state index contributed by atoms with van der Waals surface area (Å²) in [6.07, 6.45) is 6.16. The quantitative estimate of drug-likeness (QED) is 0.881. The van der Waals surface area contributed by atoms with Gasteiger partial charge in [-0.3, -0.25) is 9.48 Å². The summed E-state index contributed by atoms with van der Waals surface area (Å²) in [7, 11) is 0. The molecule has 0 radical (unpaired) electrons. The smallest absolute Gasteiger partial charge is 0.228 e. The van der Waals surface area contributed by atoms with Crippen LogP contribution in [0.5, 0.6) is 0 Å². The highest BCUT2D eigenvalue weighted by atomic mass is 35.5. The standard InChI is InChI=1S/C13H20N4O.ClH/c1-10-5-15-17(8-10)12-3-2-4-16(9-12)13(18)11-6-14-7-11;/h5,8,11-12,14H,2-4,6-7,9H2,1H3;1H. The van der Waals surface area contributed by atoms with E-state index >= 15 is 0 Å². The number of likely N-dealkylation sites (tertiary alicyclic amines) is 1. The number of halogens is 1. The number of amides is 1. The van der Waals surface area contributed by atoms with Crippen LogP contribution in [0, 0.1) is 12.8 Å². The molecule has 2 aliphatic rings. The molecule has 0 aromatic carbocycles. The number of rotatable bonds is 2. The molecule has 1 aromatic heterocycles. The molecular weight excluding hydrogens is 264 g/mol. The highest BCUT2D eigenvalue weighted by Crippen LogP contribution is 2.23. The van der Waals surface area contributed by atoms with Gasteiger partial charge in [-0.2, -0.15) is 5.10 Å². The maximum atomic E-state index is 12.2. The zero-order valence-corrected chi connectivity index (χ0v) is 12.0. The Bertz CT molecular complexity index is 444. The average molecular weight is 285 g/mol. The highest BCUT2D eigenvalue weighted by Gasteiger charge is 2.32. The first-order valence-electron chi connectivity index (χ1n) is 6.74. The predicted octanol–water partition coefficient (Wildman–Crippen LogP) is 0.996. The predicted molar refractivity (Wildman–Crippen MR) is 75.4 cm³/mol. The van der Waals surface area contributed by atoms with Crippen molar-refractivity contribution in [1.82, 2.24) is 20.0 Å². The van der Waals surface area contributed by atoms with E-state index in [1.54, 1.807) is 0 Å². The molecule has 0 aliphatic carbocycles. The minimum absolute atomic E-state index is 0. The molecule has 1 N–H and O–H groups in total. The van der Waals surface area contributed by atoms with Crippen molar-refractivity contribution < 1.29 is 4.79 Å². The summed E-state index contributed by atoms with van der Waals surface area (Å²) < 4.78 is 2.02. The van der Waals surface area contributed by atoms with E-state index in [1.165, 1.54) is 5.56 Å². The van der Waals surface area contributed by atoms with Gasteiger partial charge in [0.15, 0.2) is 0 Å². The van der Waals surface area contributed by atoms with Crippen LogP contribution in [0.2, 0.25) is 0 Å². The van der Waals surface area contributed by atoms with E-state index in [2.05, 4.69) is 23.5 Å². The topological polar surface area (TPSA) is 50.2 Å². The third-order valence-electron chi connectivity index (χ3n) is 3.94. The molecule has 0 bridgehead atoms. The van der Waals surface area contributed by atoms with Crippen LogP contribution in [0.4, 0.5) is 0 Å². The number of nitrogens with one attached hydrogen (secondary N) is 1. The lowest BCUT2D eigenvalue weighted by Gasteiger charge is -2.37. The Kier molecular flexibility index (Phi) is 4.47. The highest BCUT2D eigenvalue weighted by molar-refractivity contribution is 5.85. The second-order valence-electron chi connectivity index (χ2n) is 5.43. The third kappa shape index (κ3) is 2.92. The van der Waals surface area contributed by atoms with Gasteiger partial charge in [0, 0.05) is 32.4 Å². The van der Waals surface area contributed by atoms with Gasteiger partial charge in [0.25, 0.3) is 0 Å². The zero-order valence-electron chi connectivity index (χ0n) is 11.2. The summed E-state index contributed by atoms with van der Waals surface area (Å²) in [5.74, 6) is 0.533. The zero-order chi connectivity index (χ0) is 12.5. The summed E-state index contributed by atoms with van der Waals surface area (Å²) in [5.41, 5.74) is 1.18. The largest absolute Gasteiger partial charge is 0.340 e. The summed E-state index contributed by atoms with van der Waals surface area (Å²) in [5, 5.41) is 7.54. The number of piperidine rings is 1. The van der Waals surface area contributed by atoms with Gasteiger partial charge in [0.2, 0.25) is 5.91 Å². The Morgan fingerprint density at radius 2 is 2.26 bits per heavy atom. The van der Waals surface area contributed by atoms with Gasteiger partial charge in [-0.1, -0.05) is 0 Å². The fourth-order valence-electron chi connectivity index (χ4n) is 2.73. The molecule has 2 saturated heterocycles. The van der Waals surface area contributed by atoms with Crippen molar-refractivity contribution in [3.63, 3.8) is 0 Å². The Morgan fingerprint density at radius 3 is 2.84 bits per heavy atom. The minimum atomic E-state index is 0. The fraction of sp³-hybridized carbons (Fsp3) is 0.692. The van der Waals surface area contributed by atoms with Gasteiger partial charge < -0.3 is 10.2 Å². The molecule has 3 heterocycles. The van der Waals surface area contributed by atoms with Crippen LogP contribution in [0.3, 0.4) is 0 Å². The molecule has 1 aromatic rings. The molecular formula is C13H21ClN4O. The number of carbonyl (C=O) groups excluding carboxylic acids is 1. The molecule has 1 unspecified atom stereocenters. The molecule has 3 rings (SSSR count). The lowest BCUT2D eigenvalue weighted by Crippen LogP contribution is -2.54. The van der Waals surface area contributed by atoms with E-state index in [0.717, 1.165) is 39.0 Å². The third-order valence-corrected chi connectivity index (χ3v) is 3.94. The summed E-state index contributed by atoms with van der Waals surface area (Å²) >= 11 is 0. The normalized spacial score (nSPS) is 23.6. The maximum absolute atomic E-state index is 12.2. The van der Waals surface area contributed by atoms with E-state index in [4.69, 9.17) is 0 Å². The number of nitrogens with zero attached hydrogens (tertiary/aromatic N) is 3. The molecule has 1 amide bonds. The number of aromatic nitrogens is 2. The number of aryl methyl sites for hydroxylation is 1. The summed E-state index contributed by atoms with van der Waals surface area (Å²) in [6, 6.07) is 0.351. The lowest BCUT2D eigenvalue weighted by molar-refractivity contribution is -0.138. The van der Waals surface area contributed by atoms with E-state index in [9.17, 15) is 4.79 Å². The SMILES string of the molecule is Cc1cnn(C2CCCN(C(=O)C3CNC3)C2)c1.Cl. The van der Waals surface area contributed by atoms with Crippen LogP contribution in [0.1, 0.15) is 24.4 Å². The molecule has 6 heteroatoms. The fourth-order valence-corrected chi connectivity index (χ4v) is 2.73. The van der Waals surface area contributed by atoms with Crippen molar-refractivity contribution in [3.8, 4) is 0 Å². The van der Waals surface area contributed by atoms with Crippen molar-refractivity contribution in [3.05, 3.63) is 18.0 Å². The molecule has 106 valence electrons. The molecule has 19 heavy (non-hydrogen) atoms. The van der Waals surface area contributed by atoms with Gasteiger partial charge in [-0.25, -0.2) is 0 Å². The van der Waals surface area contributed by atoms with Crippen LogP contribution in [0.15, 0.2) is 12.4 Å². The van der Waals surface area contributed by atoms with Crippen molar-refractivity contribution in [2.45, 2.75) is 25.8 Å². The van der Waals surface area contributed by atoms with Gasteiger partial charge in [0.05, 0.1) is 18.2 Å². The number of hydrogen-bond acceptors (Lipinski definition) is 3. The van der Waals surface area contributed by atoms with Crippen LogP contribution in [-0.2, 0) is 4.79 Å². The minimum Gasteiger partial charge on any atom is -0.340 e. The molecule has 2 aliphatic heterocycles. The number of carbonyl (C=O) groups is 1. The maximum Gasteiger partial charge on any atom is 0.228 e. The Morgan fingerprint density at radius 1 is 1.47 bits per heavy atom. The van der Waals surface area contributed by atoms with Gasteiger partial charge in [0.1, 0.15) is 0 Å². The summed E-state index contributed by atoms with van der Waals surface area (Å²) in [4.78, 5) is 14.2. The lowest BCUT2D eigenvalue weighted by atomic mass is 9.98. The van der Waals surface area contributed by atoms with E-state index in [-0.39, 0.29) is 18.3 Å². The number of hydrogen-bond donors (Lipinski definition) is 1. The van der Waals surface area contributed by atoms with Crippen LogP contribution < -0.4 is 5.32 Å².